The number of benzene rings is 1. The van der Waals surface area contributed by atoms with Crippen LogP contribution in [0.25, 0.3) is 10.9 Å². The second-order valence-electron chi connectivity index (χ2n) is 4.76. The van der Waals surface area contributed by atoms with Crippen molar-refractivity contribution in [2.45, 2.75) is 6.92 Å². The molecule has 3 rings (SSSR count). The number of rotatable bonds is 1. The molecule has 20 heavy (non-hydrogen) atoms. The van der Waals surface area contributed by atoms with Crippen molar-refractivity contribution in [3.8, 4) is 0 Å². The Kier molecular flexibility index (Phi) is 5.13. The van der Waals surface area contributed by atoms with Crippen LogP contribution in [0, 0.1) is 6.92 Å². The molecule has 0 radical (unpaired) electrons. The van der Waals surface area contributed by atoms with Gasteiger partial charge in [0.05, 0.1) is 16.2 Å². The predicted octanol–water partition coefficient (Wildman–Crippen LogP) is 3.79. The third-order valence-corrected chi connectivity index (χ3v) is 4.72. The maximum Gasteiger partial charge on any atom is 0.0829 e. The van der Waals surface area contributed by atoms with Crippen LogP contribution in [0.2, 0.25) is 5.02 Å². The van der Waals surface area contributed by atoms with Gasteiger partial charge in [0.1, 0.15) is 0 Å². The summed E-state index contributed by atoms with van der Waals surface area (Å²) in [6.07, 6.45) is 1.76. The normalized spacial score (nSPS) is 15.2. The number of nitrogens with zero attached hydrogens (tertiary/aromatic N) is 2. The molecule has 1 fully saturated rings. The molecule has 1 saturated heterocycles. The Morgan fingerprint density at radius 3 is 2.70 bits per heavy atom. The molecule has 1 aromatic heterocycles. The fourth-order valence-corrected chi connectivity index (χ4v) is 3.14. The number of hydrogen-bond donors (Lipinski definition) is 1. The summed E-state index contributed by atoms with van der Waals surface area (Å²) in [6, 6.07) is 4.17. The molecule has 6 heteroatoms. The monoisotopic (exact) mass is 375 g/mol. The van der Waals surface area contributed by atoms with E-state index in [2.05, 4.69) is 50.2 Å². The Bertz CT molecular complexity index is 627. The van der Waals surface area contributed by atoms with E-state index >= 15 is 0 Å². The summed E-state index contributed by atoms with van der Waals surface area (Å²) in [5.74, 6) is 0. The number of hydrogen-bond acceptors (Lipinski definition) is 3. The summed E-state index contributed by atoms with van der Waals surface area (Å²) in [7, 11) is 0. The minimum Gasteiger partial charge on any atom is -0.367 e. The molecule has 0 spiro atoms. The molecule has 108 valence electrons. The summed E-state index contributed by atoms with van der Waals surface area (Å²) in [6.45, 7) is 6.03. The highest BCUT2D eigenvalue weighted by atomic mass is 79.9. The molecule has 0 bridgehead atoms. The van der Waals surface area contributed by atoms with Gasteiger partial charge in [0.25, 0.3) is 0 Å². The number of aryl methyl sites for hydroxylation is 1. The molecule has 0 aliphatic carbocycles. The van der Waals surface area contributed by atoms with Gasteiger partial charge < -0.3 is 10.2 Å². The second-order valence-corrected chi connectivity index (χ2v) is 6.02. The quantitative estimate of drug-likeness (QED) is 0.820. The van der Waals surface area contributed by atoms with Gasteiger partial charge in [0.2, 0.25) is 0 Å². The molecular formula is C14H16BrCl2N3. The summed E-state index contributed by atoms with van der Waals surface area (Å²) < 4.78 is 1.08. The molecule has 2 aromatic rings. The van der Waals surface area contributed by atoms with Crippen LogP contribution in [-0.4, -0.2) is 31.2 Å². The van der Waals surface area contributed by atoms with Gasteiger partial charge in [-0.1, -0.05) is 27.5 Å². The zero-order chi connectivity index (χ0) is 13.4. The molecule has 2 heterocycles. The lowest BCUT2D eigenvalue weighted by Crippen LogP contribution is -2.43. The molecule has 0 amide bonds. The van der Waals surface area contributed by atoms with Crippen LogP contribution in [0.15, 0.2) is 22.8 Å². The van der Waals surface area contributed by atoms with Crippen molar-refractivity contribution in [2.24, 2.45) is 0 Å². The summed E-state index contributed by atoms with van der Waals surface area (Å²) in [4.78, 5) is 6.84. The number of pyridine rings is 1. The summed E-state index contributed by atoms with van der Waals surface area (Å²) in [5, 5.41) is 5.23. The summed E-state index contributed by atoms with van der Waals surface area (Å²) in [5.41, 5.74) is 3.29. The highest BCUT2D eigenvalue weighted by molar-refractivity contribution is 9.10. The van der Waals surface area contributed by atoms with E-state index in [1.807, 2.05) is 0 Å². The fraction of sp³-hybridized carbons (Fsp3) is 0.357. The zero-order valence-electron chi connectivity index (χ0n) is 11.1. The molecule has 0 saturated carbocycles. The van der Waals surface area contributed by atoms with Crippen molar-refractivity contribution in [2.75, 3.05) is 31.1 Å². The summed E-state index contributed by atoms with van der Waals surface area (Å²) >= 11 is 9.95. The highest BCUT2D eigenvalue weighted by Gasteiger charge is 2.18. The first kappa shape index (κ1) is 15.8. The Balaban J connectivity index is 0.00000147. The van der Waals surface area contributed by atoms with Crippen LogP contribution in [0.3, 0.4) is 0 Å². The molecule has 1 aliphatic rings. The first-order valence-corrected chi connectivity index (χ1v) is 7.54. The number of fused-ring (bicyclic) bond motifs is 1. The lowest BCUT2D eigenvalue weighted by Gasteiger charge is -2.31. The van der Waals surface area contributed by atoms with Crippen LogP contribution < -0.4 is 10.2 Å². The maximum atomic E-state index is 6.39. The van der Waals surface area contributed by atoms with Crippen molar-refractivity contribution >= 4 is 56.5 Å². The van der Waals surface area contributed by atoms with Gasteiger partial charge >= 0.3 is 0 Å². The Labute approximate surface area is 138 Å². The van der Waals surface area contributed by atoms with Crippen molar-refractivity contribution in [1.29, 1.82) is 0 Å². The second kappa shape index (κ2) is 6.48. The van der Waals surface area contributed by atoms with Gasteiger partial charge in [-0.25, -0.2) is 0 Å². The van der Waals surface area contributed by atoms with Crippen LogP contribution in [0.1, 0.15) is 5.56 Å². The first-order chi connectivity index (χ1) is 9.18. The first-order valence-electron chi connectivity index (χ1n) is 6.37. The van der Waals surface area contributed by atoms with Gasteiger partial charge in [-0.2, -0.15) is 0 Å². The largest absolute Gasteiger partial charge is 0.367 e. The van der Waals surface area contributed by atoms with Crippen LogP contribution in [-0.2, 0) is 0 Å². The molecule has 1 N–H and O–H groups in total. The van der Waals surface area contributed by atoms with E-state index in [9.17, 15) is 0 Å². The van der Waals surface area contributed by atoms with E-state index in [0.717, 1.165) is 57.8 Å². The molecule has 1 aliphatic heterocycles. The number of aromatic nitrogens is 1. The smallest absolute Gasteiger partial charge is 0.0829 e. The Hall–Kier alpha value is -0.550. The highest BCUT2D eigenvalue weighted by Crippen LogP contribution is 2.36. The third kappa shape index (κ3) is 2.75. The van der Waals surface area contributed by atoms with Crippen molar-refractivity contribution < 1.29 is 0 Å². The Morgan fingerprint density at radius 2 is 2.00 bits per heavy atom. The third-order valence-electron chi connectivity index (χ3n) is 3.59. The molecular weight excluding hydrogens is 361 g/mol. The predicted molar refractivity (Wildman–Crippen MR) is 91.5 cm³/mol. The molecule has 1 aromatic carbocycles. The van der Waals surface area contributed by atoms with E-state index in [1.165, 1.54) is 0 Å². The number of piperazine rings is 1. The standard InChI is InChI=1S/C14H15BrClN3.ClH/c1-9-11(15)3-2-10-13(9)18-8-12(16)14(10)19-6-4-17-5-7-19;/h2-3,8,17H,4-7H2,1H3;1H. The van der Waals surface area contributed by atoms with Gasteiger partial charge in [0.15, 0.2) is 0 Å². The van der Waals surface area contributed by atoms with E-state index in [4.69, 9.17) is 11.6 Å². The molecule has 3 nitrogen and oxygen atoms in total. The van der Waals surface area contributed by atoms with Gasteiger partial charge in [-0.3, -0.25) is 4.98 Å². The van der Waals surface area contributed by atoms with Gasteiger partial charge in [-0.15, -0.1) is 12.4 Å². The molecule has 0 unspecified atom stereocenters. The van der Waals surface area contributed by atoms with Crippen molar-refractivity contribution in [3.05, 3.63) is 33.4 Å². The van der Waals surface area contributed by atoms with Crippen LogP contribution in [0.4, 0.5) is 5.69 Å². The maximum absolute atomic E-state index is 6.39. The SMILES string of the molecule is Cc1c(Br)ccc2c(N3CCNCC3)c(Cl)cnc12.Cl. The zero-order valence-corrected chi connectivity index (χ0v) is 14.3. The minimum atomic E-state index is 0. The van der Waals surface area contributed by atoms with Crippen molar-refractivity contribution in [1.82, 2.24) is 10.3 Å². The lowest BCUT2D eigenvalue weighted by molar-refractivity contribution is 0.590. The minimum absolute atomic E-state index is 0. The molecule has 0 atom stereocenters. The van der Waals surface area contributed by atoms with Gasteiger partial charge in [0, 0.05) is 42.2 Å². The lowest BCUT2D eigenvalue weighted by atomic mass is 10.1. The average Bonchev–Trinajstić information content (AvgIpc) is 2.44. The van der Waals surface area contributed by atoms with Crippen molar-refractivity contribution in [3.63, 3.8) is 0 Å². The van der Waals surface area contributed by atoms with E-state index < -0.39 is 0 Å². The van der Waals surface area contributed by atoms with E-state index in [-0.39, 0.29) is 12.4 Å². The van der Waals surface area contributed by atoms with Gasteiger partial charge in [-0.05, 0) is 24.6 Å². The fourth-order valence-electron chi connectivity index (χ4n) is 2.55. The number of anilines is 1. The average molecular weight is 377 g/mol. The topological polar surface area (TPSA) is 28.2 Å². The number of nitrogens with one attached hydrogen (secondary N) is 1. The number of halogens is 3. The van der Waals surface area contributed by atoms with Crippen LogP contribution >= 0.6 is 39.9 Å². The van der Waals surface area contributed by atoms with E-state index in [0.29, 0.717) is 0 Å². The van der Waals surface area contributed by atoms with Crippen LogP contribution in [0.5, 0.6) is 0 Å². The Morgan fingerprint density at radius 1 is 1.30 bits per heavy atom. The van der Waals surface area contributed by atoms with E-state index in [1.54, 1.807) is 6.20 Å².